The van der Waals surface area contributed by atoms with Crippen molar-refractivity contribution in [1.29, 1.82) is 0 Å². The molecule has 2 aromatic carbocycles. The highest BCUT2D eigenvalue weighted by molar-refractivity contribution is 6.46. The molecule has 158 valence electrons. The number of hydrogen-bond donors (Lipinski definition) is 2. The van der Waals surface area contributed by atoms with Gasteiger partial charge in [-0.2, -0.15) is 0 Å². The van der Waals surface area contributed by atoms with E-state index in [4.69, 9.17) is 0 Å². The number of benzene rings is 2. The van der Waals surface area contributed by atoms with Crippen LogP contribution in [0.25, 0.3) is 5.76 Å². The molecule has 0 aromatic heterocycles. The fraction of sp³-hybridized carbons (Fsp3) is 0.304. The summed E-state index contributed by atoms with van der Waals surface area (Å²) in [5.41, 5.74) is 0.678. The Kier molecular flexibility index (Phi) is 6.62. The van der Waals surface area contributed by atoms with E-state index in [1.807, 2.05) is 13.8 Å². The summed E-state index contributed by atoms with van der Waals surface area (Å²) < 4.78 is 26.8. The summed E-state index contributed by atoms with van der Waals surface area (Å²) in [4.78, 5) is 28.4. The second-order valence-electron chi connectivity index (χ2n) is 7.26. The van der Waals surface area contributed by atoms with Gasteiger partial charge in [-0.1, -0.05) is 12.1 Å². The van der Waals surface area contributed by atoms with Crippen molar-refractivity contribution in [1.82, 2.24) is 4.90 Å². The third-order valence-corrected chi connectivity index (χ3v) is 5.55. The number of aliphatic hydroxyl groups is 1. The van der Waals surface area contributed by atoms with Crippen molar-refractivity contribution in [3.05, 3.63) is 76.9 Å². The van der Waals surface area contributed by atoms with Crippen molar-refractivity contribution in [2.45, 2.75) is 19.9 Å². The predicted octanol–water partition coefficient (Wildman–Crippen LogP) is 2.31. The fourth-order valence-corrected chi connectivity index (χ4v) is 3.75. The zero-order valence-electron chi connectivity index (χ0n) is 17.0. The molecule has 1 heterocycles. The van der Waals surface area contributed by atoms with Crippen molar-refractivity contribution in [3.8, 4) is 0 Å². The highest BCUT2D eigenvalue weighted by atomic mass is 19.1. The van der Waals surface area contributed by atoms with E-state index in [2.05, 4.69) is 0 Å². The Hall–Kier alpha value is -3.06. The molecule has 0 spiro atoms. The number of nitrogens with zero attached hydrogens (tertiary/aromatic N) is 1. The zero-order valence-corrected chi connectivity index (χ0v) is 17.0. The highest BCUT2D eigenvalue weighted by Crippen LogP contribution is 2.39. The number of ketones is 1. The summed E-state index contributed by atoms with van der Waals surface area (Å²) in [5, 5.41) is 10.9. The van der Waals surface area contributed by atoms with Crippen molar-refractivity contribution in [3.63, 3.8) is 0 Å². The Labute approximate surface area is 174 Å². The molecule has 2 N–H and O–H groups in total. The van der Waals surface area contributed by atoms with Gasteiger partial charge in [-0.25, -0.2) is 8.78 Å². The van der Waals surface area contributed by atoms with Crippen LogP contribution in [0.2, 0.25) is 0 Å². The number of quaternary nitrogens is 1. The van der Waals surface area contributed by atoms with Gasteiger partial charge in [0.15, 0.2) is 0 Å². The molecule has 2 aromatic rings. The molecule has 0 unspecified atom stereocenters. The molecule has 0 radical (unpaired) electrons. The molecular formula is C23H25F2N2O3+. The van der Waals surface area contributed by atoms with Crippen molar-refractivity contribution < 1.29 is 28.4 Å². The third kappa shape index (κ3) is 4.26. The molecule has 1 aliphatic rings. The summed E-state index contributed by atoms with van der Waals surface area (Å²) in [6.45, 7) is 6.77. The van der Waals surface area contributed by atoms with Crippen LogP contribution in [0.15, 0.2) is 54.1 Å². The van der Waals surface area contributed by atoms with Gasteiger partial charge in [0.05, 0.1) is 37.8 Å². The van der Waals surface area contributed by atoms with Crippen LogP contribution in [0.1, 0.15) is 31.0 Å². The predicted molar refractivity (Wildman–Crippen MR) is 109 cm³/mol. The quantitative estimate of drug-likeness (QED) is 0.415. The van der Waals surface area contributed by atoms with Crippen LogP contribution in [0.5, 0.6) is 0 Å². The second kappa shape index (κ2) is 9.17. The number of nitrogens with one attached hydrogen (secondary N) is 1. The lowest BCUT2D eigenvalue weighted by Crippen LogP contribution is -3.12. The first-order valence-corrected chi connectivity index (χ1v) is 10.0. The number of likely N-dealkylation sites (tertiary alicyclic amines) is 1. The Morgan fingerprint density at radius 1 is 0.967 bits per heavy atom. The molecule has 7 heteroatoms. The van der Waals surface area contributed by atoms with Gasteiger partial charge in [0.1, 0.15) is 17.4 Å². The monoisotopic (exact) mass is 415 g/mol. The number of carbonyl (C=O) groups is 2. The van der Waals surface area contributed by atoms with E-state index in [1.54, 1.807) is 0 Å². The minimum absolute atomic E-state index is 0.0761. The number of amides is 1. The molecular weight excluding hydrogens is 390 g/mol. The Morgan fingerprint density at radius 2 is 1.50 bits per heavy atom. The Morgan fingerprint density at radius 3 is 2.03 bits per heavy atom. The molecule has 0 saturated carbocycles. The third-order valence-electron chi connectivity index (χ3n) is 5.55. The molecule has 3 rings (SSSR count). The van der Waals surface area contributed by atoms with Crippen LogP contribution >= 0.6 is 0 Å². The minimum atomic E-state index is -0.842. The highest BCUT2D eigenvalue weighted by Gasteiger charge is 2.46. The molecule has 1 aliphatic heterocycles. The molecule has 1 atom stereocenters. The maximum Gasteiger partial charge on any atom is 0.295 e. The standard InChI is InChI=1S/C23H24F2N2O3/c1-3-26(4-2)13-14-27-20(15-5-9-17(24)10-6-15)19(22(29)23(27)30)21(28)16-7-11-18(25)12-8-16/h5-12,20,28H,3-4,13-14H2,1-2H3/p+1/t20-/m0/s1. The maximum absolute atomic E-state index is 13.5. The van der Waals surface area contributed by atoms with E-state index >= 15 is 0 Å². The minimum Gasteiger partial charge on any atom is -0.507 e. The van der Waals surface area contributed by atoms with E-state index in [9.17, 15) is 23.5 Å². The summed E-state index contributed by atoms with van der Waals surface area (Å²) in [5.74, 6) is -2.81. The van der Waals surface area contributed by atoms with Crippen molar-refractivity contribution >= 4 is 17.4 Å². The van der Waals surface area contributed by atoms with Gasteiger partial charge in [0, 0.05) is 5.56 Å². The number of hydrogen-bond acceptors (Lipinski definition) is 3. The van der Waals surface area contributed by atoms with Gasteiger partial charge >= 0.3 is 0 Å². The van der Waals surface area contributed by atoms with Gasteiger partial charge in [-0.05, 0) is 55.8 Å². The van der Waals surface area contributed by atoms with Crippen molar-refractivity contribution in [2.75, 3.05) is 26.2 Å². The number of rotatable bonds is 7. The first-order chi connectivity index (χ1) is 14.4. The van der Waals surface area contributed by atoms with Gasteiger partial charge in [0.25, 0.3) is 11.7 Å². The van der Waals surface area contributed by atoms with Gasteiger partial charge in [-0.15, -0.1) is 0 Å². The molecule has 0 bridgehead atoms. The molecule has 1 fully saturated rings. The van der Waals surface area contributed by atoms with Crippen LogP contribution in [0.4, 0.5) is 8.78 Å². The van der Waals surface area contributed by atoms with Crippen LogP contribution < -0.4 is 4.90 Å². The summed E-state index contributed by atoms with van der Waals surface area (Å²) in [7, 11) is 0. The van der Waals surface area contributed by atoms with E-state index in [0.717, 1.165) is 13.1 Å². The summed E-state index contributed by atoms with van der Waals surface area (Å²) in [6.07, 6.45) is 0. The molecule has 5 nitrogen and oxygen atoms in total. The van der Waals surface area contributed by atoms with Crippen LogP contribution in [0, 0.1) is 11.6 Å². The smallest absolute Gasteiger partial charge is 0.295 e. The summed E-state index contributed by atoms with van der Waals surface area (Å²) >= 11 is 0. The average molecular weight is 415 g/mol. The first kappa shape index (κ1) is 21.6. The largest absolute Gasteiger partial charge is 0.507 e. The zero-order chi connectivity index (χ0) is 21.8. The molecule has 0 aliphatic carbocycles. The maximum atomic E-state index is 13.5. The van der Waals surface area contributed by atoms with E-state index < -0.39 is 29.4 Å². The van der Waals surface area contributed by atoms with Gasteiger partial charge < -0.3 is 14.9 Å². The number of Topliss-reactive ketones (excluding diaryl/α,β-unsaturated/α-hetero) is 1. The van der Waals surface area contributed by atoms with E-state index in [-0.39, 0.29) is 16.9 Å². The van der Waals surface area contributed by atoms with E-state index in [1.165, 1.54) is 58.3 Å². The number of aliphatic hydroxyl groups excluding tert-OH is 1. The topological polar surface area (TPSA) is 62.0 Å². The van der Waals surface area contributed by atoms with Crippen LogP contribution in [0.3, 0.4) is 0 Å². The Balaban J connectivity index is 2.08. The molecule has 1 amide bonds. The lowest BCUT2D eigenvalue weighted by Gasteiger charge is -2.27. The van der Waals surface area contributed by atoms with Crippen LogP contribution in [-0.2, 0) is 9.59 Å². The van der Waals surface area contributed by atoms with Crippen LogP contribution in [-0.4, -0.2) is 47.9 Å². The lowest BCUT2D eigenvalue weighted by atomic mass is 9.95. The molecule has 30 heavy (non-hydrogen) atoms. The van der Waals surface area contributed by atoms with E-state index in [0.29, 0.717) is 18.7 Å². The van der Waals surface area contributed by atoms with Crippen molar-refractivity contribution in [2.24, 2.45) is 0 Å². The fourth-order valence-electron chi connectivity index (χ4n) is 3.75. The van der Waals surface area contributed by atoms with Gasteiger partial charge in [-0.3, -0.25) is 9.59 Å². The molecule has 1 saturated heterocycles. The number of likely N-dealkylation sites (N-methyl/N-ethyl adjacent to an activating group) is 1. The first-order valence-electron chi connectivity index (χ1n) is 10.0. The second-order valence-corrected chi connectivity index (χ2v) is 7.26. The van der Waals surface area contributed by atoms with Gasteiger partial charge in [0.2, 0.25) is 0 Å². The average Bonchev–Trinajstić information content (AvgIpc) is 3.00. The Bertz CT molecular complexity index is 951. The SMILES string of the molecule is CC[NH+](CC)CCN1C(=O)C(=O)C(=C(O)c2ccc(F)cc2)[C@@H]1c1ccc(F)cc1. The lowest BCUT2D eigenvalue weighted by molar-refractivity contribution is -0.895. The number of carbonyl (C=O) groups excluding carboxylic acids is 2. The normalized spacial score (nSPS) is 18.4. The number of halogens is 2. The summed E-state index contributed by atoms with van der Waals surface area (Å²) in [6, 6.07) is 9.70.